The van der Waals surface area contributed by atoms with E-state index in [0.717, 1.165) is 25.2 Å². The van der Waals surface area contributed by atoms with Gasteiger partial charge in [-0.25, -0.2) is 0 Å². The van der Waals surface area contributed by atoms with Crippen LogP contribution in [0, 0.1) is 5.41 Å². The lowest BCUT2D eigenvalue weighted by Gasteiger charge is -2.40. The number of pyridine rings is 1. The van der Waals surface area contributed by atoms with E-state index in [4.69, 9.17) is 4.74 Å². The number of likely N-dealkylation sites (tertiary alicyclic amines) is 2. The van der Waals surface area contributed by atoms with Crippen LogP contribution in [0.3, 0.4) is 0 Å². The largest absolute Gasteiger partial charge is 0.383 e. The monoisotopic (exact) mass is 339 g/mol. The molecular formula is C21H29N3O. The van der Waals surface area contributed by atoms with Crippen LogP contribution in [0.1, 0.15) is 24.8 Å². The molecule has 4 heteroatoms. The van der Waals surface area contributed by atoms with Crippen molar-refractivity contribution in [2.75, 3.05) is 46.4 Å². The highest BCUT2D eigenvalue weighted by Crippen LogP contribution is 2.39. The minimum Gasteiger partial charge on any atom is -0.383 e. The molecule has 1 aromatic carbocycles. The topological polar surface area (TPSA) is 28.6 Å². The van der Waals surface area contributed by atoms with Crippen LogP contribution in [0.2, 0.25) is 0 Å². The van der Waals surface area contributed by atoms with E-state index in [1.54, 1.807) is 7.11 Å². The molecule has 0 radical (unpaired) electrons. The molecule has 4 nitrogen and oxygen atoms in total. The Kier molecular flexibility index (Phi) is 5.02. The first-order chi connectivity index (χ1) is 12.3. The third-order valence-corrected chi connectivity index (χ3v) is 5.98. The standard InChI is InChI=1S/C21H29N3O/c1-25-14-13-23-11-4-8-21(16-23)9-12-24(17-21)15-19-6-2-5-18-7-3-10-22-20(18)19/h2-3,5-7,10H,4,8-9,11-17H2,1H3. The molecule has 0 amide bonds. The van der Waals surface area contributed by atoms with Gasteiger partial charge in [-0.15, -0.1) is 0 Å². The SMILES string of the molecule is COCCN1CCCC2(CCN(Cc3cccc4cccnc34)C2)C1. The molecule has 25 heavy (non-hydrogen) atoms. The zero-order valence-corrected chi connectivity index (χ0v) is 15.3. The van der Waals surface area contributed by atoms with E-state index < -0.39 is 0 Å². The predicted octanol–water partition coefficient (Wildman–Crippen LogP) is 3.17. The van der Waals surface area contributed by atoms with Crippen LogP contribution in [0.5, 0.6) is 0 Å². The molecule has 4 rings (SSSR count). The van der Waals surface area contributed by atoms with Gasteiger partial charge in [0.15, 0.2) is 0 Å². The lowest BCUT2D eigenvalue weighted by Crippen LogP contribution is -2.45. The van der Waals surface area contributed by atoms with Crippen molar-refractivity contribution in [2.24, 2.45) is 5.41 Å². The summed E-state index contributed by atoms with van der Waals surface area (Å²) in [6.45, 7) is 7.85. The number of ether oxygens (including phenoxy) is 1. The fourth-order valence-electron chi connectivity index (χ4n) is 4.75. The zero-order valence-electron chi connectivity index (χ0n) is 15.3. The van der Waals surface area contributed by atoms with E-state index >= 15 is 0 Å². The summed E-state index contributed by atoms with van der Waals surface area (Å²) in [4.78, 5) is 9.87. The van der Waals surface area contributed by atoms with Gasteiger partial charge in [0.05, 0.1) is 12.1 Å². The molecule has 0 saturated carbocycles. The molecular weight excluding hydrogens is 310 g/mol. The highest BCUT2D eigenvalue weighted by Gasteiger charge is 2.41. The van der Waals surface area contributed by atoms with Crippen molar-refractivity contribution in [1.82, 2.24) is 14.8 Å². The molecule has 2 aliphatic heterocycles. The highest BCUT2D eigenvalue weighted by atomic mass is 16.5. The fourth-order valence-corrected chi connectivity index (χ4v) is 4.75. The number of fused-ring (bicyclic) bond motifs is 1. The number of hydrogen-bond acceptors (Lipinski definition) is 4. The molecule has 1 atom stereocenters. The van der Waals surface area contributed by atoms with Crippen molar-refractivity contribution in [3.63, 3.8) is 0 Å². The summed E-state index contributed by atoms with van der Waals surface area (Å²) in [7, 11) is 1.80. The minimum absolute atomic E-state index is 0.490. The second-order valence-electron chi connectivity index (χ2n) is 7.83. The number of benzene rings is 1. The van der Waals surface area contributed by atoms with E-state index in [9.17, 15) is 0 Å². The van der Waals surface area contributed by atoms with Gasteiger partial charge < -0.3 is 9.64 Å². The van der Waals surface area contributed by atoms with Crippen molar-refractivity contribution in [1.29, 1.82) is 0 Å². The maximum absolute atomic E-state index is 5.28. The molecule has 0 aliphatic carbocycles. The average molecular weight is 339 g/mol. The van der Waals surface area contributed by atoms with Gasteiger partial charge in [-0.1, -0.05) is 24.3 Å². The van der Waals surface area contributed by atoms with E-state index in [1.165, 1.54) is 56.4 Å². The molecule has 0 bridgehead atoms. The van der Waals surface area contributed by atoms with Crippen molar-refractivity contribution >= 4 is 10.9 Å². The molecule has 3 heterocycles. The van der Waals surface area contributed by atoms with E-state index in [0.29, 0.717) is 5.41 Å². The fraction of sp³-hybridized carbons (Fsp3) is 0.571. The maximum Gasteiger partial charge on any atom is 0.0746 e. The Bertz CT molecular complexity index is 714. The molecule has 2 fully saturated rings. The maximum atomic E-state index is 5.28. The Morgan fingerprint density at radius 3 is 2.88 bits per heavy atom. The molecule has 134 valence electrons. The lowest BCUT2D eigenvalue weighted by atomic mass is 9.79. The molecule has 0 N–H and O–H groups in total. The lowest BCUT2D eigenvalue weighted by molar-refractivity contribution is 0.0674. The van der Waals surface area contributed by atoms with Crippen molar-refractivity contribution in [2.45, 2.75) is 25.8 Å². The van der Waals surface area contributed by atoms with Crippen LogP contribution in [0.4, 0.5) is 0 Å². The Morgan fingerprint density at radius 1 is 1.08 bits per heavy atom. The molecule has 2 aliphatic rings. The first-order valence-electron chi connectivity index (χ1n) is 9.54. The molecule has 1 aromatic heterocycles. The number of methoxy groups -OCH3 is 1. The van der Waals surface area contributed by atoms with Gasteiger partial charge in [-0.2, -0.15) is 0 Å². The molecule has 2 aromatic rings. The van der Waals surface area contributed by atoms with Crippen molar-refractivity contribution < 1.29 is 4.74 Å². The van der Waals surface area contributed by atoms with Crippen molar-refractivity contribution in [3.8, 4) is 0 Å². The summed E-state index contributed by atoms with van der Waals surface area (Å²) in [5.74, 6) is 0. The summed E-state index contributed by atoms with van der Waals surface area (Å²) in [5, 5.41) is 1.25. The van der Waals surface area contributed by atoms with E-state index in [-0.39, 0.29) is 0 Å². The highest BCUT2D eigenvalue weighted by molar-refractivity contribution is 5.81. The molecule has 1 unspecified atom stereocenters. The van der Waals surface area contributed by atoms with Gasteiger partial charge in [0, 0.05) is 44.9 Å². The van der Waals surface area contributed by atoms with Gasteiger partial charge in [-0.05, 0) is 49.4 Å². The summed E-state index contributed by atoms with van der Waals surface area (Å²) in [5.41, 5.74) is 3.02. The van der Waals surface area contributed by atoms with Crippen LogP contribution >= 0.6 is 0 Å². The predicted molar refractivity (Wildman–Crippen MR) is 102 cm³/mol. The Morgan fingerprint density at radius 2 is 1.96 bits per heavy atom. The van der Waals surface area contributed by atoms with E-state index in [2.05, 4.69) is 39.0 Å². The average Bonchev–Trinajstić information content (AvgIpc) is 3.02. The number of rotatable bonds is 5. The van der Waals surface area contributed by atoms with Gasteiger partial charge in [-0.3, -0.25) is 9.88 Å². The summed E-state index contributed by atoms with van der Waals surface area (Å²) < 4.78 is 5.28. The Balaban J connectivity index is 1.43. The molecule has 1 spiro atoms. The van der Waals surface area contributed by atoms with Crippen LogP contribution in [0.25, 0.3) is 10.9 Å². The second-order valence-corrected chi connectivity index (χ2v) is 7.83. The van der Waals surface area contributed by atoms with Gasteiger partial charge in [0.1, 0.15) is 0 Å². The van der Waals surface area contributed by atoms with Crippen molar-refractivity contribution in [3.05, 3.63) is 42.1 Å². The third-order valence-electron chi connectivity index (χ3n) is 5.98. The van der Waals surface area contributed by atoms with Gasteiger partial charge in [0.25, 0.3) is 0 Å². The van der Waals surface area contributed by atoms with Crippen LogP contribution in [0.15, 0.2) is 36.5 Å². The van der Waals surface area contributed by atoms with Crippen LogP contribution in [-0.4, -0.2) is 61.2 Å². The minimum atomic E-state index is 0.490. The van der Waals surface area contributed by atoms with Crippen LogP contribution < -0.4 is 0 Å². The number of aromatic nitrogens is 1. The quantitative estimate of drug-likeness (QED) is 0.837. The smallest absolute Gasteiger partial charge is 0.0746 e. The van der Waals surface area contributed by atoms with Gasteiger partial charge >= 0.3 is 0 Å². The number of piperidine rings is 1. The third kappa shape index (κ3) is 3.71. The van der Waals surface area contributed by atoms with Gasteiger partial charge in [0.2, 0.25) is 0 Å². The van der Waals surface area contributed by atoms with Crippen LogP contribution in [-0.2, 0) is 11.3 Å². The molecule has 2 saturated heterocycles. The first kappa shape index (κ1) is 17.0. The number of hydrogen-bond donors (Lipinski definition) is 0. The second kappa shape index (κ2) is 7.40. The number of para-hydroxylation sites is 1. The Hall–Kier alpha value is -1.49. The summed E-state index contributed by atoms with van der Waals surface area (Å²) in [6.07, 6.45) is 5.94. The normalized spacial score (nSPS) is 25.2. The Labute approximate surface area is 150 Å². The first-order valence-corrected chi connectivity index (χ1v) is 9.54. The summed E-state index contributed by atoms with van der Waals surface area (Å²) in [6, 6.07) is 10.7. The zero-order chi connectivity index (χ0) is 17.1. The van der Waals surface area contributed by atoms with E-state index in [1.807, 2.05) is 12.3 Å². The number of nitrogens with zero attached hydrogens (tertiary/aromatic N) is 3. The summed E-state index contributed by atoms with van der Waals surface area (Å²) >= 11 is 0.